The number of nitrogens with zero attached hydrogens (tertiary/aromatic N) is 2. The fourth-order valence-electron chi connectivity index (χ4n) is 3.91. The Morgan fingerprint density at radius 2 is 1.91 bits per heavy atom. The molecule has 0 spiro atoms. The Labute approximate surface area is 194 Å². The second kappa shape index (κ2) is 11.5. The van der Waals surface area contributed by atoms with Crippen LogP contribution in [-0.4, -0.2) is 73.5 Å². The van der Waals surface area contributed by atoms with Gasteiger partial charge in [0.05, 0.1) is 30.2 Å². The Morgan fingerprint density at radius 3 is 2.58 bits per heavy atom. The van der Waals surface area contributed by atoms with Gasteiger partial charge in [-0.2, -0.15) is 0 Å². The maximum Gasteiger partial charge on any atom is 0.409 e. The summed E-state index contributed by atoms with van der Waals surface area (Å²) in [7, 11) is 1.57. The molecular weight excluding hydrogens is 424 g/mol. The topological polar surface area (TPSA) is 117 Å². The molecule has 1 heterocycles. The number of benzene rings is 2. The fourth-order valence-corrected chi connectivity index (χ4v) is 3.91. The van der Waals surface area contributed by atoms with Gasteiger partial charge in [0.25, 0.3) is 0 Å². The van der Waals surface area contributed by atoms with Crippen molar-refractivity contribution in [3.05, 3.63) is 53.1 Å². The van der Waals surface area contributed by atoms with Crippen LogP contribution in [0.5, 0.6) is 0 Å². The van der Waals surface area contributed by atoms with Crippen molar-refractivity contribution in [2.24, 2.45) is 0 Å². The van der Waals surface area contributed by atoms with Crippen LogP contribution in [0.1, 0.15) is 28.4 Å². The monoisotopic (exact) mass is 456 g/mol. The van der Waals surface area contributed by atoms with E-state index in [4.69, 9.17) is 15.2 Å². The number of amides is 1. The minimum Gasteiger partial charge on any atom is -0.478 e. The molecule has 0 bridgehead atoms. The molecule has 9 nitrogen and oxygen atoms in total. The zero-order valence-corrected chi connectivity index (χ0v) is 19.2. The average Bonchev–Trinajstić information content (AvgIpc) is 2.80. The first-order valence-electron chi connectivity index (χ1n) is 11.1. The van der Waals surface area contributed by atoms with Crippen LogP contribution in [-0.2, 0) is 22.4 Å². The third-order valence-corrected chi connectivity index (χ3v) is 5.65. The molecule has 1 saturated heterocycles. The number of nitrogens with two attached hydrogens (primary N) is 1. The summed E-state index contributed by atoms with van der Waals surface area (Å²) in [6, 6.07) is 11.3. The first-order valence-corrected chi connectivity index (χ1v) is 11.1. The van der Waals surface area contributed by atoms with Crippen molar-refractivity contribution in [2.75, 3.05) is 57.6 Å². The van der Waals surface area contributed by atoms with Crippen molar-refractivity contribution >= 4 is 29.1 Å². The van der Waals surface area contributed by atoms with Crippen molar-refractivity contribution < 1.29 is 24.2 Å². The quantitative estimate of drug-likeness (QED) is 0.493. The van der Waals surface area contributed by atoms with Gasteiger partial charge in [0.15, 0.2) is 0 Å². The fraction of sp³-hybridized carbons (Fsp3) is 0.417. The third-order valence-electron chi connectivity index (χ3n) is 5.65. The Kier molecular flexibility index (Phi) is 8.51. The van der Waals surface area contributed by atoms with Crippen LogP contribution in [0.25, 0.3) is 0 Å². The first kappa shape index (κ1) is 24.3. The number of anilines is 3. The minimum atomic E-state index is -1.01. The highest BCUT2D eigenvalue weighted by Crippen LogP contribution is 2.30. The summed E-state index contributed by atoms with van der Waals surface area (Å²) >= 11 is 0. The van der Waals surface area contributed by atoms with Gasteiger partial charge in [-0.1, -0.05) is 12.1 Å². The van der Waals surface area contributed by atoms with E-state index >= 15 is 0 Å². The molecule has 0 aromatic heterocycles. The summed E-state index contributed by atoms with van der Waals surface area (Å²) in [4.78, 5) is 27.5. The number of hydrogen-bond acceptors (Lipinski definition) is 7. The normalized spacial score (nSPS) is 14.2. The van der Waals surface area contributed by atoms with Crippen LogP contribution in [0.3, 0.4) is 0 Å². The van der Waals surface area contributed by atoms with Crippen LogP contribution in [0, 0.1) is 0 Å². The lowest BCUT2D eigenvalue weighted by Crippen LogP contribution is -2.48. The molecule has 178 valence electrons. The predicted molar refractivity (Wildman–Crippen MR) is 127 cm³/mol. The highest BCUT2D eigenvalue weighted by molar-refractivity contribution is 5.94. The lowest BCUT2D eigenvalue weighted by Gasteiger charge is -2.34. The standard InChI is InChI=1S/C24H32N4O5/c1-3-33-24(31)28-12-10-27(11-13-28)16-17-5-4-6-18(15-17)26-21-8-7-20(23(29)30)19(22(21)25)9-14-32-2/h4-8,15,26H,3,9-14,16,25H2,1-2H3,(H,29,30). The third kappa shape index (κ3) is 6.36. The van der Waals surface area contributed by atoms with Crippen molar-refractivity contribution in [1.29, 1.82) is 0 Å². The number of piperazine rings is 1. The highest BCUT2D eigenvalue weighted by atomic mass is 16.6. The molecule has 33 heavy (non-hydrogen) atoms. The number of carbonyl (C=O) groups excluding carboxylic acids is 1. The molecule has 1 aliphatic heterocycles. The molecule has 1 aliphatic rings. The predicted octanol–water partition coefficient (Wildman–Crippen LogP) is 3.17. The number of carboxylic acids is 1. The lowest BCUT2D eigenvalue weighted by atomic mass is 10.0. The summed E-state index contributed by atoms with van der Waals surface area (Å²) in [5, 5.41) is 12.8. The maximum atomic E-state index is 11.9. The van der Waals surface area contributed by atoms with E-state index in [1.807, 2.05) is 19.1 Å². The van der Waals surface area contributed by atoms with Gasteiger partial charge in [-0.3, -0.25) is 4.90 Å². The SMILES string of the molecule is CCOC(=O)N1CCN(Cc2cccc(Nc3ccc(C(=O)O)c(CCOC)c3N)c2)CC1. The van der Waals surface area contributed by atoms with E-state index in [2.05, 4.69) is 22.3 Å². The zero-order chi connectivity index (χ0) is 23.8. The molecule has 9 heteroatoms. The number of nitrogens with one attached hydrogen (secondary N) is 1. The molecule has 0 saturated carbocycles. The number of ether oxygens (including phenoxy) is 2. The van der Waals surface area contributed by atoms with E-state index in [0.29, 0.717) is 49.7 Å². The van der Waals surface area contributed by atoms with E-state index in [1.165, 1.54) is 0 Å². The molecular formula is C24H32N4O5. The number of methoxy groups -OCH3 is 1. The Bertz CT molecular complexity index is 973. The number of carbonyl (C=O) groups is 2. The van der Waals surface area contributed by atoms with Crippen LogP contribution < -0.4 is 11.1 Å². The number of hydrogen-bond donors (Lipinski definition) is 3. The van der Waals surface area contributed by atoms with Gasteiger partial charge in [0, 0.05) is 45.5 Å². The Balaban J connectivity index is 1.67. The Hall–Kier alpha value is -3.30. The van der Waals surface area contributed by atoms with E-state index in [9.17, 15) is 14.7 Å². The van der Waals surface area contributed by atoms with Gasteiger partial charge in [-0.05, 0) is 48.7 Å². The first-order chi connectivity index (χ1) is 15.9. The minimum absolute atomic E-state index is 0.186. The molecule has 0 radical (unpaired) electrons. The summed E-state index contributed by atoms with van der Waals surface area (Å²) in [6.45, 7) is 6.19. The van der Waals surface area contributed by atoms with E-state index in [-0.39, 0.29) is 11.7 Å². The highest BCUT2D eigenvalue weighted by Gasteiger charge is 2.22. The van der Waals surface area contributed by atoms with Crippen molar-refractivity contribution in [2.45, 2.75) is 19.9 Å². The van der Waals surface area contributed by atoms with E-state index in [1.54, 1.807) is 24.1 Å². The molecule has 0 atom stereocenters. The van der Waals surface area contributed by atoms with Crippen molar-refractivity contribution in [1.82, 2.24) is 9.80 Å². The van der Waals surface area contributed by atoms with Gasteiger partial charge in [0.1, 0.15) is 0 Å². The lowest BCUT2D eigenvalue weighted by molar-refractivity contribution is 0.0694. The Morgan fingerprint density at radius 1 is 1.15 bits per heavy atom. The summed E-state index contributed by atoms with van der Waals surface area (Å²) < 4.78 is 10.2. The number of nitrogen functional groups attached to an aromatic ring is 1. The van der Waals surface area contributed by atoms with Crippen LogP contribution in [0.15, 0.2) is 36.4 Å². The molecule has 1 fully saturated rings. The largest absolute Gasteiger partial charge is 0.478 e. The van der Waals surface area contributed by atoms with Crippen LogP contribution in [0.2, 0.25) is 0 Å². The van der Waals surface area contributed by atoms with Crippen LogP contribution in [0.4, 0.5) is 21.9 Å². The summed E-state index contributed by atoms with van der Waals surface area (Å²) in [5.74, 6) is -1.01. The molecule has 1 amide bonds. The molecule has 2 aromatic rings. The number of aromatic carboxylic acids is 1. The van der Waals surface area contributed by atoms with Gasteiger partial charge < -0.3 is 30.5 Å². The van der Waals surface area contributed by atoms with Gasteiger partial charge in [0.2, 0.25) is 0 Å². The second-order valence-electron chi connectivity index (χ2n) is 7.89. The molecule has 2 aromatic carbocycles. The van der Waals surface area contributed by atoms with Crippen molar-refractivity contribution in [3.8, 4) is 0 Å². The van der Waals surface area contributed by atoms with Crippen LogP contribution >= 0.6 is 0 Å². The molecule has 4 N–H and O–H groups in total. The maximum absolute atomic E-state index is 11.9. The smallest absolute Gasteiger partial charge is 0.409 e. The second-order valence-corrected chi connectivity index (χ2v) is 7.89. The van der Waals surface area contributed by atoms with Gasteiger partial charge in [-0.25, -0.2) is 9.59 Å². The molecule has 3 rings (SSSR count). The average molecular weight is 457 g/mol. The summed E-state index contributed by atoms with van der Waals surface area (Å²) in [6.07, 6.45) is 0.164. The number of carboxylic acid groups (broad SMARTS) is 1. The van der Waals surface area contributed by atoms with E-state index in [0.717, 1.165) is 30.9 Å². The summed E-state index contributed by atoms with van der Waals surface area (Å²) in [5.41, 5.74) is 10.1. The van der Waals surface area contributed by atoms with Gasteiger partial charge >= 0.3 is 12.1 Å². The zero-order valence-electron chi connectivity index (χ0n) is 19.2. The van der Waals surface area contributed by atoms with E-state index < -0.39 is 5.97 Å². The molecule has 0 aliphatic carbocycles. The van der Waals surface area contributed by atoms with Gasteiger partial charge in [-0.15, -0.1) is 0 Å². The molecule has 0 unspecified atom stereocenters. The van der Waals surface area contributed by atoms with Crippen molar-refractivity contribution in [3.63, 3.8) is 0 Å². The number of rotatable bonds is 9.